The van der Waals surface area contributed by atoms with Crippen LogP contribution in [-0.4, -0.2) is 35.3 Å². The molecule has 0 saturated carbocycles. The summed E-state index contributed by atoms with van der Waals surface area (Å²) in [4.78, 5) is 1.99. The predicted octanol–water partition coefficient (Wildman–Crippen LogP) is 1.01. The van der Waals surface area contributed by atoms with Crippen molar-refractivity contribution in [2.24, 2.45) is 10.9 Å². The van der Waals surface area contributed by atoms with Crippen LogP contribution in [0.25, 0.3) is 0 Å². The average molecular weight is 256 g/mol. The fourth-order valence-electron chi connectivity index (χ4n) is 2.00. The van der Waals surface area contributed by atoms with E-state index in [1.165, 1.54) is 0 Å². The summed E-state index contributed by atoms with van der Waals surface area (Å²) < 4.78 is 0. The number of halogens is 1. The fraction of sp³-hybridized carbons (Fsp3) is 0.364. The quantitative estimate of drug-likeness (QED) is 0.319. The van der Waals surface area contributed by atoms with Gasteiger partial charge in [0.15, 0.2) is 5.84 Å². The molecular weight excluding hydrogens is 242 g/mol. The van der Waals surface area contributed by atoms with Crippen LogP contribution < -0.4 is 10.6 Å². The first-order valence-electron chi connectivity index (χ1n) is 5.32. The number of hydrogen-bond acceptors (Lipinski definition) is 4. The number of nitrogens with zero attached hydrogens (tertiary/aromatic N) is 2. The highest BCUT2D eigenvalue weighted by atomic mass is 35.5. The van der Waals surface area contributed by atoms with Crippen LogP contribution in [0.15, 0.2) is 23.4 Å². The van der Waals surface area contributed by atoms with Gasteiger partial charge >= 0.3 is 0 Å². The van der Waals surface area contributed by atoms with Gasteiger partial charge in [-0.25, -0.2) is 0 Å². The Morgan fingerprint density at radius 3 is 2.88 bits per heavy atom. The standard InChI is InChI=1S/C11H14ClN3O2/c12-7-1-2-10(9(5-7)11(13)14-17)15-4-3-8(16)6-15/h1-2,5,8,16-17H,3-4,6H2,(H2,13,14). The molecule has 1 unspecified atom stereocenters. The number of β-amino-alcohol motifs (C(OH)–C–C–N with tert-alkyl or cyclic N) is 1. The van der Waals surface area contributed by atoms with Crippen molar-refractivity contribution >= 4 is 23.1 Å². The van der Waals surface area contributed by atoms with Gasteiger partial charge in [-0.05, 0) is 24.6 Å². The first kappa shape index (κ1) is 12.0. The second kappa shape index (κ2) is 4.81. The molecule has 1 atom stereocenters. The maximum absolute atomic E-state index is 9.52. The molecule has 1 aromatic rings. The molecule has 2 rings (SSSR count). The lowest BCUT2D eigenvalue weighted by molar-refractivity contribution is 0.198. The molecule has 1 saturated heterocycles. The largest absolute Gasteiger partial charge is 0.409 e. The second-order valence-electron chi connectivity index (χ2n) is 4.04. The maximum atomic E-state index is 9.52. The van der Waals surface area contributed by atoms with Gasteiger partial charge in [-0.2, -0.15) is 0 Å². The highest BCUT2D eigenvalue weighted by Crippen LogP contribution is 2.27. The number of rotatable bonds is 2. The van der Waals surface area contributed by atoms with Crippen LogP contribution in [0.1, 0.15) is 12.0 Å². The van der Waals surface area contributed by atoms with Crippen molar-refractivity contribution in [1.29, 1.82) is 0 Å². The molecule has 17 heavy (non-hydrogen) atoms. The molecule has 1 heterocycles. The summed E-state index contributed by atoms with van der Waals surface area (Å²) in [5.74, 6) is 0.0175. The van der Waals surface area contributed by atoms with E-state index in [1.807, 2.05) is 11.0 Å². The molecular formula is C11H14ClN3O2. The molecule has 5 nitrogen and oxygen atoms in total. The molecule has 6 heteroatoms. The Bertz CT molecular complexity index is 450. The zero-order valence-corrected chi connectivity index (χ0v) is 9.93. The average Bonchev–Trinajstić information content (AvgIpc) is 2.74. The molecule has 0 amide bonds. The van der Waals surface area contributed by atoms with Crippen LogP contribution in [0.4, 0.5) is 5.69 Å². The van der Waals surface area contributed by atoms with Gasteiger partial charge in [0, 0.05) is 29.4 Å². The van der Waals surface area contributed by atoms with Crippen LogP contribution in [0.2, 0.25) is 5.02 Å². The lowest BCUT2D eigenvalue weighted by Crippen LogP contribution is -2.25. The highest BCUT2D eigenvalue weighted by molar-refractivity contribution is 6.31. The Balaban J connectivity index is 2.39. The van der Waals surface area contributed by atoms with Gasteiger partial charge in [-0.15, -0.1) is 0 Å². The van der Waals surface area contributed by atoms with E-state index >= 15 is 0 Å². The highest BCUT2D eigenvalue weighted by Gasteiger charge is 2.23. The van der Waals surface area contributed by atoms with Crippen molar-refractivity contribution in [2.45, 2.75) is 12.5 Å². The minimum Gasteiger partial charge on any atom is -0.409 e. The zero-order chi connectivity index (χ0) is 12.4. The number of nitrogens with two attached hydrogens (primary N) is 1. The Morgan fingerprint density at radius 1 is 1.53 bits per heavy atom. The normalized spacial score (nSPS) is 20.9. The summed E-state index contributed by atoms with van der Waals surface area (Å²) in [5.41, 5.74) is 7.02. The monoisotopic (exact) mass is 255 g/mol. The maximum Gasteiger partial charge on any atom is 0.172 e. The van der Waals surface area contributed by atoms with Crippen molar-refractivity contribution in [3.63, 3.8) is 0 Å². The SMILES string of the molecule is NC(=NO)c1cc(Cl)ccc1N1CCC(O)C1. The summed E-state index contributed by atoms with van der Waals surface area (Å²) in [5, 5.41) is 21.8. The number of hydrogen-bond donors (Lipinski definition) is 3. The lowest BCUT2D eigenvalue weighted by Gasteiger charge is -2.21. The lowest BCUT2D eigenvalue weighted by atomic mass is 10.1. The first-order chi connectivity index (χ1) is 8.11. The Hall–Kier alpha value is -1.46. The summed E-state index contributed by atoms with van der Waals surface area (Å²) in [6, 6.07) is 5.21. The smallest absolute Gasteiger partial charge is 0.172 e. The fourth-order valence-corrected chi connectivity index (χ4v) is 2.18. The molecule has 92 valence electrons. The van der Waals surface area contributed by atoms with Gasteiger partial charge in [0.25, 0.3) is 0 Å². The van der Waals surface area contributed by atoms with Gasteiger partial charge < -0.3 is 20.9 Å². The number of amidine groups is 1. The predicted molar refractivity (Wildman–Crippen MR) is 66.8 cm³/mol. The number of aliphatic hydroxyl groups is 1. The van der Waals surface area contributed by atoms with E-state index in [1.54, 1.807) is 12.1 Å². The first-order valence-corrected chi connectivity index (χ1v) is 5.70. The Kier molecular flexibility index (Phi) is 3.40. The van der Waals surface area contributed by atoms with E-state index < -0.39 is 0 Å². The van der Waals surface area contributed by atoms with E-state index in [2.05, 4.69) is 5.16 Å². The number of oxime groups is 1. The molecule has 0 radical (unpaired) electrons. The number of aliphatic hydroxyl groups excluding tert-OH is 1. The number of anilines is 1. The molecule has 0 spiro atoms. The topological polar surface area (TPSA) is 82.1 Å². The molecule has 1 aromatic carbocycles. The van der Waals surface area contributed by atoms with Crippen LogP contribution in [0, 0.1) is 0 Å². The molecule has 1 fully saturated rings. The third-order valence-corrected chi connectivity index (χ3v) is 3.08. The van der Waals surface area contributed by atoms with Crippen LogP contribution >= 0.6 is 11.6 Å². The van der Waals surface area contributed by atoms with Gasteiger partial charge in [0.05, 0.1) is 6.10 Å². The Labute approximate surface area is 104 Å². The summed E-state index contributed by atoms with van der Waals surface area (Å²) in [7, 11) is 0. The van der Waals surface area contributed by atoms with Gasteiger partial charge in [-0.3, -0.25) is 0 Å². The van der Waals surface area contributed by atoms with Crippen molar-refractivity contribution in [3.8, 4) is 0 Å². The van der Waals surface area contributed by atoms with Crippen LogP contribution in [0.5, 0.6) is 0 Å². The van der Waals surface area contributed by atoms with Crippen molar-refractivity contribution in [3.05, 3.63) is 28.8 Å². The minimum absolute atomic E-state index is 0.0175. The van der Waals surface area contributed by atoms with Gasteiger partial charge in [0.2, 0.25) is 0 Å². The minimum atomic E-state index is -0.328. The van der Waals surface area contributed by atoms with E-state index in [0.717, 1.165) is 18.7 Å². The van der Waals surface area contributed by atoms with Gasteiger partial charge in [-0.1, -0.05) is 16.8 Å². The molecule has 1 aliphatic rings. The van der Waals surface area contributed by atoms with Crippen molar-refractivity contribution in [1.82, 2.24) is 0 Å². The summed E-state index contributed by atoms with van der Waals surface area (Å²) in [6.07, 6.45) is 0.393. The van der Waals surface area contributed by atoms with Crippen LogP contribution in [-0.2, 0) is 0 Å². The molecule has 0 aliphatic carbocycles. The van der Waals surface area contributed by atoms with Crippen LogP contribution in [0.3, 0.4) is 0 Å². The zero-order valence-electron chi connectivity index (χ0n) is 9.17. The second-order valence-corrected chi connectivity index (χ2v) is 4.47. The van der Waals surface area contributed by atoms with Gasteiger partial charge in [0.1, 0.15) is 0 Å². The van der Waals surface area contributed by atoms with Crippen molar-refractivity contribution in [2.75, 3.05) is 18.0 Å². The third kappa shape index (κ3) is 2.45. The van der Waals surface area contributed by atoms with E-state index in [4.69, 9.17) is 22.5 Å². The Morgan fingerprint density at radius 2 is 2.29 bits per heavy atom. The molecule has 4 N–H and O–H groups in total. The molecule has 0 aromatic heterocycles. The van der Waals surface area contributed by atoms with E-state index in [-0.39, 0.29) is 11.9 Å². The summed E-state index contributed by atoms with van der Waals surface area (Å²) >= 11 is 5.89. The molecule has 0 bridgehead atoms. The van der Waals surface area contributed by atoms with E-state index in [9.17, 15) is 5.11 Å². The van der Waals surface area contributed by atoms with E-state index in [0.29, 0.717) is 17.1 Å². The van der Waals surface area contributed by atoms with Crippen molar-refractivity contribution < 1.29 is 10.3 Å². The summed E-state index contributed by atoms with van der Waals surface area (Å²) in [6.45, 7) is 1.29. The number of benzene rings is 1. The molecule has 1 aliphatic heterocycles. The third-order valence-electron chi connectivity index (χ3n) is 2.85.